The Morgan fingerprint density at radius 2 is 0.591 bits per heavy atom. The molecule has 0 bridgehead atoms. The van der Waals surface area contributed by atoms with Crippen LogP contribution in [0.2, 0.25) is 0 Å². The first-order valence-electron chi connectivity index (χ1n) is 27.9. The van der Waals surface area contributed by atoms with Crippen molar-refractivity contribution in [3.05, 3.63) is 72.9 Å². The summed E-state index contributed by atoms with van der Waals surface area (Å²) < 4.78 is 16.8. The summed E-state index contributed by atoms with van der Waals surface area (Å²) >= 11 is 0. The second-order valence-corrected chi connectivity index (χ2v) is 18.5. The van der Waals surface area contributed by atoms with E-state index in [4.69, 9.17) is 14.2 Å². The maximum absolute atomic E-state index is 12.8. The van der Waals surface area contributed by atoms with Crippen LogP contribution in [-0.4, -0.2) is 37.2 Å². The van der Waals surface area contributed by atoms with Crippen LogP contribution in [-0.2, 0) is 28.6 Å². The van der Waals surface area contributed by atoms with Crippen molar-refractivity contribution in [3.63, 3.8) is 0 Å². The molecule has 0 aliphatic heterocycles. The summed E-state index contributed by atoms with van der Waals surface area (Å²) in [6.45, 7) is 6.48. The Labute approximate surface area is 408 Å². The second kappa shape index (κ2) is 54.5. The monoisotopic (exact) mass is 921 g/mol. The molecule has 6 nitrogen and oxygen atoms in total. The predicted octanol–water partition coefficient (Wildman–Crippen LogP) is 18.6. The zero-order valence-corrected chi connectivity index (χ0v) is 43.4. The van der Waals surface area contributed by atoms with E-state index in [2.05, 4.69) is 93.7 Å². The topological polar surface area (TPSA) is 78.9 Å². The summed E-state index contributed by atoms with van der Waals surface area (Å²) in [5.74, 6) is -0.923. The molecule has 0 radical (unpaired) electrons. The largest absolute Gasteiger partial charge is 0.462 e. The first-order chi connectivity index (χ1) is 32.5. The molecule has 0 spiro atoms. The lowest BCUT2D eigenvalue weighted by molar-refractivity contribution is -0.167. The van der Waals surface area contributed by atoms with Crippen LogP contribution >= 0.6 is 0 Å². The van der Waals surface area contributed by atoms with E-state index in [0.29, 0.717) is 19.3 Å². The fourth-order valence-electron chi connectivity index (χ4n) is 7.76. The number of hydrogen-bond donors (Lipinski definition) is 0. The van der Waals surface area contributed by atoms with Crippen molar-refractivity contribution in [1.82, 2.24) is 0 Å². The fraction of sp³-hybridized carbons (Fsp3) is 0.750. The highest BCUT2D eigenvalue weighted by molar-refractivity contribution is 5.71. The van der Waals surface area contributed by atoms with Crippen LogP contribution in [0.4, 0.5) is 0 Å². The summed E-state index contributed by atoms with van der Waals surface area (Å²) in [5, 5.41) is 0. The average molecular weight is 921 g/mol. The van der Waals surface area contributed by atoms with Crippen LogP contribution in [0.15, 0.2) is 72.9 Å². The van der Waals surface area contributed by atoms with Crippen molar-refractivity contribution in [2.75, 3.05) is 13.2 Å². The number of esters is 3. The Morgan fingerprint density at radius 3 is 0.970 bits per heavy atom. The minimum absolute atomic E-state index is 0.0900. The van der Waals surface area contributed by atoms with Gasteiger partial charge in [-0.3, -0.25) is 14.4 Å². The number of unbranched alkanes of at least 4 members (excludes halogenated alkanes) is 27. The molecular formula is C60H104O6. The standard InChI is InChI=1S/C60H104O6/c1-4-7-10-13-16-19-22-25-27-29-30-31-33-35-38-41-44-47-50-53-59(62)65-56-57(55-64-58(61)52-49-46-43-40-37-34-24-21-18-15-12-9-6-3)66-60(63)54-51-48-45-42-39-36-32-28-26-23-20-17-14-11-8-5-2/h9,12,16,18-19,21,25,27,30-31,34,37,57H,4-8,10-11,13-15,17,20,22-24,26,28-29,32-33,35-36,38-56H2,1-3H3/b12-9-,19-16-,21-18-,27-25-,31-30-,37-34-. The number of allylic oxidation sites excluding steroid dienone is 12. The summed E-state index contributed by atoms with van der Waals surface area (Å²) in [6.07, 6.45) is 68.9. The van der Waals surface area contributed by atoms with Crippen molar-refractivity contribution < 1.29 is 28.6 Å². The van der Waals surface area contributed by atoms with E-state index in [-0.39, 0.29) is 31.1 Å². The molecule has 0 amide bonds. The van der Waals surface area contributed by atoms with Gasteiger partial charge in [0.1, 0.15) is 13.2 Å². The summed E-state index contributed by atoms with van der Waals surface area (Å²) in [4.78, 5) is 38.1. The zero-order valence-electron chi connectivity index (χ0n) is 43.4. The van der Waals surface area contributed by atoms with Gasteiger partial charge in [-0.2, -0.15) is 0 Å². The molecule has 0 heterocycles. The van der Waals surface area contributed by atoms with Crippen LogP contribution in [0.5, 0.6) is 0 Å². The quantitative estimate of drug-likeness (QED) is 0.0262. The molecule has 0 aliphatic carbocycles. The predicted molar refractivity (Wildman–Crippen MR) is 284 cm³/mol. The highest BCUT2D eigenvalue weighted by Gasteiger charge is 2.19. The lowest BCUT2D eigenvalue weighted by Crippen LogP contribution is -2.30. The van der Waals surface area contributed by atoms with Gasteiger partial charge < -0.3 is 14.2 Å². The normalized spacial score (nSPS) is 12.6. The lowest BCUT2D eigenvalue weighted by atomic mass is 10.0. The maximum Gasteiger partial charge on any atom is 0.306 e. The minimum Gasteiger partial charge on any atom is -0.462 e. The Morgan fingerprint density at radius 1 is 0.318 bits per heavy atom. The zero-order chi connectivity index (χ0) is 47.9. The Balaban J connectivity index is 4.41. The molecule has 1 unspecified atom stereocenters. The van der Waals surface area contributed by atoms with Crippen molar-refractivity contribution in [1.29, 1.82) is 0 Å². The van der Waals surface area contributed by atoms with Crippen LogP contribution in [0.25, 0.3) is 0 Å². The van der Waals surface area contributed by atoms with E-state index in [1.165, 1.54) is 128 Å². The third kappa shape index (κ3) is 51.8. The molecule has 66 heavy (non-hydrogen) atoms. The molecule has 0 aliphatic rings. The highest BCUT2D eigenvalue weighted by Crippen LogP contribution is 2.16. The molecule has 6 heteroatoms. The number of carbonyl (C=O) groups is 3. The van der Waals surface area contributed by atoms with Crippen molar-refractivity contribution in [2.24, 2.45) is 0 Å². The van der Waals surface area contributed by atoms with Crippen molar-refractivity contribution in [2.45, 2.75) is 277 Å². The molecule has 380 valence electrons. The first-order valence-corrected chi connectivity index (χ1v) is 27.9. The first kappa shape index (κ1) is 62.8. The van der Waals surface area contributed by atoms with Gasteiger partial charge in [0.25, 0.3) is 0 Å². The molecule has 0 saturated heterocycles. The molecular weight excluding hydrogens is 817 g/mol. The van der Waals surface area contributed by atoms with Crippen LogP contribution in [0.1, 0.15) is 271 Å². The van der Waals surface area contributed by atoms with E-state index in [1.54, 1.807) is 0 Å². The molecule has 0 aromatic heterocycles. The van der Waals surface area contributed by atoms with Gasteiger partial charge in [-0.1, -0.05) is 235 Å². The third-order valence-corrected chi connectivity index (χ3v) is 11.9. The van der Waals surface area contributed by atoms with Gasteiger partial charge in [0, 0.05) is 19.3 Å². The van der Waals surface area contributed by atoms with Crippen molar-refractivity contribution in [3.8, 4) is 0 Å². The molecule has 0 fully saturated rings. The van der Waals surface area contributed by atoms with Gasteiger partial charge in [0.05, 0.1) is 0 Å². The Bertz CT molecular complexity index is 1240. The smallest absolute Gasteiger partial charge is 0.306 e. The molecule has 0 N–H and O–H groups in total. The van der Waals surface area contributed by atoms with Crippen LogP contribution in [0, 0.1) is 0 Å². The minimum atomic E-state index is -0.791. The second-order valence-electron chi connectivity index (χ2n) is 18.5. The van der Waals surface area contributed by atoms with Gasteiger partial charge in [-0.05, 0) is 89.9 Å². The van der Waals surface area contributed by atoms with E-state index in [9.17, 15) is 14.4 Å². The third-order valence-electron chi connectivity index (χ3n) is 11.9. The average Bonchev–Trinajstić information content (AvgIpc) is 3.31. The van der Waals surface area contributed by atoms with Gasteiger partial charge in [-0.25, -0.2) is 0 Å². The summed E-state index contributed by atoms with van der Waals surface area (Å²) in [6, 6.07) is 0. The number of ether oxygens (including phenoxy) is 3. The van der Waals surface area contributed by atoms with E-state index in [1.807, 2.05) is 0 Å². The summed E-state index contributed by atoms with van der Waals surface area (Å²) in [7, 11) is 0. The molecule has 0 saturated carbocycles. The highest BCUT2D eigenvalue weighted by atomic mass is 16.6. The van der Waals surface area contributed by atoms with Crippen LogP contribution in [0.3, 0.4) is 0 Å². The van der Waals surface area contributed by atoms with Crippen molar-refractivity contribution >= 4 is 17.9 Å². The molecule has 0 aromatic rings. The Hall–Kier alpha value is -3.15. The lowest BCUT2D eigenvalue weighted by Gasteiger charge is -2.18. The molecule has 0 aromatic carbocycles. The summed E-state index contributed by atoms with van der Waals surface area (Å²) in [5.41, 5.74) is 0. The van der Waals surface area contributed by atoms with Gasteiger partial charge >= 0.3 is 17.9 Å². The Kier molecular flexibility index (Phi) is 51.9. The van der Waals surface area contributed by atoms with Gasteiger partial charge in [-0.15, -0.1) is 0 Å². The number of rotatable bonds is 50. The molecule has 1 atom stereocenters. The SMILES string of the molecule is CC/C=C\C/C=C\C/C=C\CCCCCC(=O)OCC(COC(=O)CCCCCCCC/C=C\C/C=C\C/C=C\CCCCC)OC(=O)CCCCCCCCCCCCCCCCCC. The number of carbonyl (C=O) groups excluding carboxylic acids is 3. The van der Waals surface area contributed by atoms with Crippen LogP contribution < -0.4 is 0 Å². The maximum atomic E-state index is 12.8. The van der Waals surface area contributed by atoms with Gasteiger partial charge in [0.2, 0.25) is 0 Å². The molecule has 0 rings (SSSR count). The van der Waals surface area contributed by atoms with E-state index in [0.717, 1.165) is 103 Å². The fourth-order valence-corrected chi connectivity index (χ4v) is 7.76. The van der Waals surface area contributed by atoms with E-state index >= 15 is 0 Å². The van der Waals surface area contributed by atoms with E-state index < -0.39 is 6.10 Å². The number of hydrogen-bond acceptors (Lipinski definition) is 6. The van der Waals surface area contributed by atoms with Gasteiger partial charge in [0.15, 0.2) is 6.10 Å².